The third-order valence-corrected chi connectivity index (χ3v) is 6.23. The molecule has 2 fully saturated rings. The summed E-state index contributed by atoms with van der Waals surface area (Å²) in [5.41, 5.74) is 7.04. The van der Waals surface area contributed by atoms with Crippen LogP contribution < -0.4 is 11.1 Å². The van der Waals surface area contributed by atoms with Crippen molar-refractivity contribution in [3.63, 3.8) is 0 Å². The van der Waals surface area contributed by atoms with Crippen LogP contribution in [-0.4, -0.2) is 67.7 Å². The number of guanidine groups is 1. The first kappa shape index (κ1) is 22.6. The zero-order chi connectivity index (χ0) is 21.7. The van der Waals surface area contributed by atoms with Crippen molar-refractivity contribution < 1.29 is 13.9 Å². The Bertz CT molecular complexity index is 770. The molecule has 9 heteroatoms. The molecule has 30 heavy (non-hydrogen) atoms. The van der Waals surface area contributed by atoms with Gasteiger partial charge in [0.15, 0.2) is 5.96 Å². The Morgan fingerprint density at radius 2 is 2.07 bits per heavy atom. The third-order valence-electron chi connectivity index (χ3n) is 5.93. The minimum atomic E-state index is -0.396. The largest absolute Gasteiger partial charge is 0.450 e. The van der Waals surface area contributed by atoms with Gasteiger partial charge in [0.1, 0.15) is 5.82 Å². The van der Waals surface area contributed by atoms with Gasteiger partial charge in [-0.15, -0.1) is 0 Å². The van der Waals surface area contributed by atoms with E-state index in [2.05, 4.69) is 15.2 Å². The van der Waals surface area contributed by atoms with Gasteiger partial charge in [-0.25, -0.2) is 9.18 Å². The van der Waals surface area contributed by atoms with Crippen molar-refractivity contribution in [1.82, 2.24) is 15.1 Å². The average molecular weight is 440 g/mol. The summed E-state index contributed by atoms with van der Waals surface area (Å²) in [5.74, 6) is 0.272. The summed E-state index contributed by atoms with van der Waals surface area (Å²) >= 11 is 5.83. The number of hydrogen-bond donors (Lipinski definition) is 2. The van der Waals surface area contributed by atoms with E-state index < -0.39 is 5.82 Å². The molecule has 166 valence electrons. The van der Waals surface area contributed by atoms with E-state index in [9.17, 15) is 9.18 Å². The highest BCUT2D eigenvalue weighted by molar-refractivity contribution is 6.30. The fourth-order valence-electron chi connectivity index (χ4n) is 4.33. The monoisotopic (exact) mass is 439 g/mol. The average Bonchev–Trinajstić information content (AvgIpc) is 3.09. The number of carbonyl (C=O) groups is 1. The second kappa shape index (κ2) is 10.3. The number of nitrogens with one attached hydrogen (secondary N) is 1. The van der Waals surface area contributed by atoms with Crippen LogP contribution in [0.3, 0.4) is 0 Å². The molecule has 7 nitrogen and oxygen atoms in total. The van der Waals surface area contributed by atoms with Gasteiger partial charge >= 0.3 is 6.09 Å². The SMILES string of the molecule is CCOC(=O)N1CCC(NC(N)=NCC2CCN(C)C2c2ccc(Cl)c(F)c2)CC1. The number of likely N-dealkylation sites (tertiary alicyclic amines) is 2. The Labute approximate surface area is 182 Å². The molecule has 2 heterocycles. The predicted octanol–water partition coefficient (Wildman–Crippen LogP) is 3.00. The van der Waals surface area contributed by atoms with Crippen LogP contribution in [0, 0.1) is 11.7 Å². The number of ether oxygens (including phenoxy) is 1. The summed E-state index contributed by atoms with van der Waals surface area (Å²) in [6.45, 7) is 4.97. The fraction of sp³-hybridized carbons (Fsp3) is 0.619. The first-order chi connectivity index (χ1) is 14.4. The van der Waals surface area contributed by atoms with E-state index in [0.717, 1.165) is 31.4 Å². The molecule has 3 N–H and O–H groups in total. The standard InChI is InChI=1S/C21H31ClFN5O2/c1-3-30-21(29)28-10-7-16(8-11-28)26-20(24)25-13-15-6-9-27(2)19(15)14-4-5-17(22)18(23)12-14/h4-5,12,15-16,19H,3,6-11,13H2,1-2H3,(H3,24,25,26). The van der Waals surface area contributed by atoms with E-state index in [1.54, 1.807) is 17.9 Å². The molecule has 1 aromatic carbocycles. The van der Waals surface area contributed by atoms with Crippen LogP contribution >= 0.6 is 11.6 Å². The normalized spacial score (nSPS) is 23.6. The molecule has 2 atom stereocenters. The summed E-state index contributed by atoms with van der Waals surface area (Å²) in [7, 11) is 2.04. The molecule has 0 spiro atoms. The van der Waals surface area contributed by atoms with Crippen molar-refractivity contribution >= 4 is 23.7 Å². The Morgan fingerprint density at radius 3 is 2.73 bits per heavy atom. The second-order valence-corrected chi connectivity index (χ2v) is 8.39. The number of amides is 1. The predicted molar refractivity (Wildman–Crippen MR) is 116 cm³/mol. The number of halogens is 2. The molecular weight excluding hydrogens is 409 g/mol. The van der Waals surface area contributed by atoms with Gasteiger partial charge < -0.3 is 20.7 Å². The zero-order valence-electron chi connectivity index (χ0n) is 17.6. The fourth-order valence-corrected chi connectivity index (χ4v) is 4.45. The van der Waals surface area contributed by atoms with Gasteiger partial charge in [-0.3, -0.25) is 9.89 Å². The summed E-state index contributed by atoms with van der Waals surface area (Å²) in [6, 6.07) is 5.28. The zero-order valence-corrected chi connectivity index (χ0v) is 18.4. The summed E-state index contributed by atoms with van der Waals surface area (Å²) < 4.78 is 19.0. The highest BCUT2D eigenvalue weighted by Gasteiger charge is 2.33. The Balaban J connectivity index is 1.53. The van der Waals surface area contributed by atoms with E-state index in [4.69, 9.17) is 22.1 Å². The van der Waals surface area contributed by atoms with Crippen molar-refractivity contribution in [2.45, 2.75) is 38.3 Å². The van der Waals surface area contributed by atoms with Gasteiger partial charge in [0.2, 0.25) is 0 Å². The lowest BCUT2D eigenvalue weighted by Gasteiger charge is -2.31. The molecule has 0 aliphatic carbocycles. The molecule has 2 aliphatic heterocycles. The van der Waals surface area contributed by atoms with E-state index >= 15 is 0 Å². The number of piperidine rings is 1. The molecule has 0 aromatic heterocycles. The molecule has 1 amide bonds. The summed E-state index contributed by atoms with van der Waals surface area (Å²) in [6.07, 6.45) is 2.31. The maximum atomic E-state index is 13.9. The number of nitrogens with two attached hydrogens (primary N) is 1. The van der Waals surface area contributed by atoms with Gasteiger partial charge in [0.05, 0.1) is 11.6 Å². The van der Waals surface area contributed by atoms with Crippen LogP contribution in [0.15, 0.2) is 23.2 Å². The molecular formula is C21H31ClFN5O2. The topological polar surface area (TPSA) is 83.2 Å². The maximum absolute atomic E-state index is 13.9. The van der Waals surface area contributed by atoms with Gasteiger partial charge in [-0.1, -0.05) is 17.7 Å². The lowest BCUT2D eigenvalue weighted by atomic mass is 9.94. The Kier molecular flexibility index (Phi) is 7.77. The lowest BCUT2D eigenvalue weighted by Crippen LogP contribution is -2.48. The minimum absolute atomic E-state index is 0.0844. The smallest absolute Gasteiger partial charge is 0.409 e. The van der Waals surface area contributed by atoms with Crippen molar-refractivity contribution in [2.75, 3.05) is 39.8 Å². The van der Waals surface area contributed by atoms with Gasteiger partial charge in [-0.2, -0.15) is 0 Å². The number of nitrogens with zero attached hydrogens (tertiary/aromatic N) is 3. The number of aliphatic imine (C=N–C) groups is 1. The van der Waals surface area contributed by atoms with Gasteiger partial charge in [0.25, 0.3) is 0 Å². The highest BCUT2D eigenvalue weighted by Crippen LogP contribution is 2.37. The maximum Gasteiger partial charge on any atom is 0.409 e. The highest BCUT2D eigenvalue weighted by atomic mass is 35.5. The van der Waals surface area contributed by atoms with Gasteiger partial charge in [0, 0.05) is 31.7 Å². The molecule has 2 aliphatic rings. The van der Waals surface area contributed by atoms with Gasteiger partial charge in [-0.05, 0) is 63.4 Å². The Morgan fingerprint density at radius 1 is 1.33 bits per heavy atom. The van der Waals surface area contributed by atoms with E-state index in [0.29, 0.717) is 32.2 Å². The summed E-state index contributed by atoms with van der Waals surface area (Å²) in [4.78, 5) is 20.3. The quantitative estimate of drug-likeness (QED) is 0.544. The molecule has 2 unspecified atom stereocenters. The van der Waals surface area contributed by atoms with Crippen molar-refractivity contribution in [2.24, 2.45) is 16.6 Å². The van der Waals surface area contributed by atoms with Crippen LogP contribution in [0.5, 0.6) is 0 Å². The molecule has 0 radical (unpaired) electrons. The first-order valence-corrected chi connectivity index (χ1v) is 10.9. The van der Waals surface area contributed by atoms with Crippen molar-refractivity contribution in [3.05, 3.63) is 34.6 Å². The van der Waals surface area contributed by atoms with E-state index in [-0.39, 0.29) is 29.1 Å². The number of hydrogen-bond acceptors (Lipinski definition) is 4. The number of benzene rings is 1. The van der Waals surface area contributed by atoms with Crippen LogP contribution in [0.1, 0.15) is 37.8 Å². The molecule has 0 saturated carbocycles. The van der Waals surface area contributed by atoms with Crippen LogP contribution in [0.4, 0.5) is 9.18 Å². The van der Waals surface area contributed by atoms with Crippen molar-refractivity contribution in [1.29, 1.82) is 0 Å². The van der Waals surface area contributed by atoms with Crippen LogP contribution in [0.25, 0.3) is 0 Å². The second-order valence-electron chi connectivity index (χ2n) is 7.98. The summed E-state index contributed by atoms with van der Waals surface area (Å²) in [5, 5.41) is 3.41. The van der Waals surface area contributed by atoms with E-state index in [1.165, 1.54) is 6.07 Å². The van der Waals surface area contributed by atoms with Crippen LogP contribution in [0.2, 0.25) is 5.02 Å². The third kappa shape index (κ3) is 5.55. The molecule has 3 rings (SSSR count). The van der Waals surface area contributed by atoms with Crippen molar-refractivity contribution in [3.8, 4) is 0 Å². The molecule has 1 aromatic rings. The van der Waals surface area contributed by atoms with Crippen LogP contribution in [-0.2, 0) is 4.74 Å². The van der Waals surface area contributed by atoms with E-state index in [1.807, 2.05) is 13.1 Å². The minimum Gasteiger partial charge on any atom is -0.450 e. The number of rotatable bonds is 5. The molecule has 0 bridgehead atoms. The number of carbonyl (C=O) groups excluding carboxylic acids is 1. The molecule has 2 saturated heterocycles. The lowest BCUT2D eigenvalue weighted by molar-refractivity contribution is 0.0963. The Hall–Kier alpha value is -2.06. The first-order valence-electron chi connectivity index (χ1n) is 10.5.